The first-order valence-corrected chi connectivity index (χ1v) is 22.8. The SMILES string of the molecule is CC/C=C\C/C=C\C/C=C\C/C=C\CCCCC(=O)OC(COC(=O)CC/C=C\C/C=C\C/C=C\C/C=C\CC)COC1OC(COC2OC(CO)C(O)C(O)C2O)C(O)C(O)C1O. The van der Waals surface area contributed by atoms with E-state index in [-0.39, 0.29) is 19.4 Å². The second kappa shape index (κ2) is 35.7. The van der Waals surface area contributed by atoms with Crippen LogP contribution in [0.4, 0.5) is 0 Å². The molecule has 2 fully saturated rings. The lowest BCUT2D eigenvalue weighted by atomic mass is 9.98. The normalized spacial score (nSPS) is 27.5. The van der Waals surface area contributed by atoms with E-state index in [0.29, 0.717) is 12.8 Å². The molecule has 0 amide bonds. The summed E-state index contributed by atoms with van der Waals surface area (Å²) in [5.41, 5.74) is 0. The van der Waals surface area contributed by atoms with Gasteiger partial charge in [0.1, 0.15) is 55.4 Å². The molecule has 15 nitrogen and oxygen atoms in total. The van der Waals surface area contributed by atoms with Crippen molar-refractivity contribution in [1.29, 1.82) is 0 Å². The van der Waals surface area contributed by atoms with Gasteiger partial charge in [0, 0.05) is 12.8 Å². The molecule has 0 aromatic rings. The van der Waals surface area contributed by atoms with Crippen molar-refractivity contribution >= 4 is 11.9 Å². The minimum absolute atomic E-state index is 0.0811. The number of esters is 2. The summed E-state index contributed by atoms with van der Waals surface area (Å²) in [5.74, 6) is -1.08. The molecule has 0 spiro atoms. The summed E-state index contributed by atoms with van der Waals surface area (Å²) in [6, 6.07) is 0. The molecule has 0 aromatic heterocycles. The topological polar surface area (TPSA) is 231 Å². The predicted octanol–water partition coefficient (Wildman–Crippen LogP) is 5.03. The van der Waals surface area contributed by atoms with Crippen LogP contribution < -0.4 is 0 Å². The third-order valence-electron chi connectivity index (χ3n) is 10.1. The number of rotatable bonds is 32. The number of aliphatic hydroxyl groups excluding tert-OH is 7. The molecule has 2 heterocycles. The van der Waals surface area contributed by atoms with Crippen molar-refractivity contribution in [3.05, 3.63) is 97.2 Å². The molecule has 0 aromatic carbocycles. The lowest BCUT2D eigenvalue weighted by molar-refractivity contribution is -0.332. The van der Waals surface area contributed by atoms with Crippen molar-refractivity contribution in [3.8, 4) is 0 Å². The first-order chi connectivity index (χ1) is 31.0. The van der Waals surface area contributed by atoms with Crippen LogP contribution in [0.25, 0.3) is 0 Å². The molecule has 2 aliphatic heterocycles. The van der Waals surface area contributed by atoms with Gasteiger partial charge in [0.05, 0.1) is 19.8 Å². The lowest BCUT2D eigenvalue weighted by Crippen LogP contribution is -2.61. The summed E-state index contributed by atoms with van der Waals surface area (Å²) in [5, 5.41) is 71.9. The smallest absolute Gasteiger partial charge is 0.306 e. The maximum Gasteiger partial charge on any atom is 0.306 e. The van der Waals surface area contributed by atoms with Gasteiger partial charge in [-0.2, -0.15) is 0 Å². The Labute approximate surface area is 379 Å². The number of ether oxygens (including phenoxy) is 6. The maximum atomic E-state index is 12.9. The highest BCUT2D eigenvalue weighted by molar-refractivity contribution is 5.70. The van der Waals surface area contributed by atoms with Gasteiger partial charge in [0.25, 0.3) is 0 Å². The molecule has 362 valence electrons. The third kappa shape index (κ3) is 24.1. The third-order valence-corrected chi connectivity index (χ3v) is 10.1. The lowest BCUT2D eigenvalue weighted by Gasteiger charge is -2.42. The van der Waals surface area contributed by atoms with Gasteiger partial charge in [-0.05, 0) is 77.0 Å². The highest BCUT2D eigenvalue weighted by Gasteiger charge is 2.47. The van der Waals surface area contributed by atoms with Crippen LogP contribution in [0, 0.1) is 0 Å². The molecule has 11 atom stereocenters. The fourth-order valence-electron chi connectivity index (χ4n) is 6.34. The first kappa shape index (κ1) is 56.5. The van der Waals surface area contributed by atoms with Gasteiger partial charge in [-0.1, -0.05) is 111 Å². The Morgan fingerprint density at radius 3 is 1.47 bits per heavy atom. The Kier molecular flexibility index (Phi) is 31.5. The molecular weight excluding hydrogens is 829 g/mol. The molecule has 15 heteroatoms. The molecule has 64 heavy (non-hydrogen) atoms. The zero-order chi connectivity index (χ0) is 46.8. The van der Waals surface area contributed by atoms with Crippen LogP contribution >= 0.6 is 0 Å². The Morgan fingerprint density at radius 2 is 0.953 bits per heavy atom. The zero-order valence-corrected chi connectivity index (χ0v) is 37.7. The Bertz CT molecular complexity index is 1480. The highest BCUT2D eigenvalue weighted by atomic mass is 16.7. The van der Waals surface area contributed by atoms with Crippen LogP contribution in [0.5, 0.6) is 0 Å². The Balaban J connectivity index is 1.91. The Hall–Kier alpha value is -3.58. The fourth-order valence-corrected chi connectivity index (χ4v) is 6.34. The number of aliphatic hydroxyl groups is 7. The van der Waals surface area contributed by atoms with Crippen LogP contribution in [0.1, 0.15) is 104 Å². The molecule has 0 saturated carbocycles. The first-order valence-electron chi connectivity index (χ1n) is 22.8. The van der Waals surface area contributed by atoms with Gasteiger partial charge >= 0.3 is 11.9 Å². The van der Waals surface area contributed by atoms with Crippen molar-refractivity contribution in [2.75, 3.05) is 26.4 Å². The molecular formula is C49H76O15. The largest absolute Gasteiger partial charge is 0.462 e. The minimum atomic E-state index is -1.79. The molecule has 11 unspecified atom stereocenters. The van der Waals surface area contributed by atoms with E-state index in [1.165, 1.54) is 0 Å². The van der Waals surface area contributed by atoms with Gasteiger partial charge in [0.2, 0.25) is 0 Å². The number of carbonyl (C=O) groups is 2. The van der Waals surface area contributed by atoms with Gasteiger partial charge in [-0.15, -0.1) is 0 Å². The van der Waals surface area contributed by atoms with E-state index in [1.54, 1.807) is 0 Å². The van der Waals surface area contributed by atoms with Crippen molar-refractivity contribution < 1.29 is 73.8 Å². The van der Waals surface area contributed by atoms with E-state index >= 15 is 0 Å². The van der Waals surface area contributed by atoms with E-state index in [0.717, 1.165) is 64.2 Å². The predicted molar refractivity (Wildman–Crippen MR) is 242 cm³/mol. The molecule has 2 saturated heterocycles. The monoisotopic (exact) mass is 905 g/mol. The Morgan fingerprint density at radius 1 is 0.500 bits per heavy atom. The zero-order valence-electron chi connectivity index (χ0n) is 37.7. The van der Waals surface area contributed by atoms with E-state index in [2.05, 4.69) is 92.8 Å². The molecule has 0 bridgehead atoms. The van der Waals surface area contributed by atoms with Crippen LogP contribution in [-0.2, 0) is 38.0 Å². The molecule has 0 aliphatic carbocycles. The summed E-state index contributed by atoms with van der Waals surface area (Å²) in [6.07, 6.45) is 26.1. The number of hydrogen-bond acceptors (Lipinski definition) is 15. The van der Waals surface area contributed by atoms with E-state index in [9.17, 15) is 45.3 Å². The van der Waals surface area contributed by atoms with E-state index in [1.807, 2.05) is 18.2 Å². The maximum absolute atomic E-state index is 12.9. The van der Waals surface area contributed by atoms with Crippen molar-refractivity contribution in [1.82, 2.24) is 0 Å². The van der Waals surface area contributed by atoms with E-state index in [4.69, 9.17) is 28.4 Å². The molecule has 2 aliphatic rings. The van der Waals surface area contributed by atoms with Crippen LogP contribution in [-0.4, -0.2) is 142 Å². The van der Waals surface area contributed by atoms with Crippen LogP contribution in [0.3, 0.4) is 0 Å². The second-order valence-electron chi connectivity index (χ2n) is 15.5. The summed E-state index contributed by atoms with van der Waals surface area (Å²) in [4.78, 5) is 25.6. The van der Waals surface area contributed by atoms with Gasteiger partial charge in [0.15, 0.2) is 18.7 Å². The average molecular weight is 905 g/mol. The number of unbranched alkanes of at least 4 members (excludes halogenated alkanes) is 2. The summed E-state index contributed by atoms with van der Waals surface area (Å²) in [7, 11) is 0. The fraction of sp³-hybridized carbons (Fsp3) is 0.633. The molecule has 7 N–H and O–H groups in total. The summed E-state index contributed by atoms with van der Waals surface area (Å²) < 4.78 is 33.3. The van der Waals surface area contributed by atoms with Crippen LogP contribution in [0.2, 0.25) is 0 Å². The van der Waals surface area contributed by atoms with Crippen molar-refractivity contribution in [3.63, 3.8) is 0 Å². The molecule has 2 rings (SSSR count). The second-order valence-corrected chi connectivity index (χ2v) is 15.5. The number of allylic oxidation sites excluding steroid dienone is 16. The van der Waals surface area contributed by atoms with Gasteiger partial charge < -0.3 is 64.2 Å². The summed E-state index contributed by atoms with van der Waals surface area (Å²) >= 11 is 0. The number of hydrogen-bond donors (Lipinski definition) is 7. The molecule has 0 radical (unpaired) electrons. The van der Waals surface area contributed by atoms with Crippen LogP contribution in [0.15, 0.2) is 97.2 Å². The average Bonchev–Trinajstić information content (AvgIpc) is 3.29. The quantitative estimate of drug-likeness (QED) is 0.0267. The summed E-state index contributed by atoms with van der Waals surface area (Å²) in [6.45, 7) is 2.18. The minimum Gasteiger partial charge on any atom is -0.462 e. The van der Waals surface area contributed by atoms with Gasteiger partial charge in [-0.25, -0.2) is 0 Å². The number of carbonyl (C=O) groups excluding carboxylic acids is 2. The van der Waals surface area contributed by atoms with Gasteiger partial charge in [-0.3, -0.25) is 9.59 Å². The van der Waals surface area contributed by atoms with E-state index < -0.39 is 99.3 Å². The van der Waals surface area contributed by atoms with Crippen molar-refractivity contribution in [2.24, 2.45) is 0 Å². The highest BCUT2D eigenvalue weighted by Crippen LogP contribution is 2.26. The standard InChI is InChI=1S/C49H76O15/c1-3-5-7-9-11-13-15-17-18-20-22-24-26-28-30-32-41(52)62-37(34-59-40(51)31-29-27-25-23-21-19-16-14-12-10-8-6-4-2)35-60-48-47(58)45(56)43(54)39(64-48)36-61-49-46(57)44(55)42(53)38(33-50)63-49/h5-8,11-14,17-19,21-22,24-25,27,37-39,42-50,53-58H,3-4,9-10,15-16,20,23,26,28-36H2,1-2H3/b7-5-,8-6-,13-11-,14-12-,18-17-,21-19-,24-22-,27-25-. The van der Waals surface area contributed by atoms with Crippen molar-refractivity contribution in [2.45, 2.75) is 171 Å².